The number of benzene rings is 1. The summed E-state index contributed by atoms with van der Waals surface area (Å²) in [6, 6.07) is 3.07. The highest BCUT2D eigenvalue weighted by atomic mass is 35.5. The fourth-order valence-electron chi connectivity index (χ4n) is 0.867. The number of phenolic OH excluding ortho intramolecular Hbond substituents is 1. The molecule has 0 saturated heterocycles. The van der Waals surface area contributed by atoms with Crippen molar-refractivity contribution >= 4 is 11.6 Å². The van der Waals surface area contributed by atoms with Crippen LogP contribution in [0.25, 0.3) is 0 Å². The van der Waals surface area contributed by atoms with Crippen LogP contribution in [0.15, 0.2) is 12.1 Å². The van der Waals surface area contributed by atoms with Gasteiger partial charge in [-0.25, -0.2) is 0 Å². The summed E-state index contributed by atoms with van der Waals surface area (Å²) in [5.41, 5.74) is 0.809. The summed E-state index contributed by atoms with van der Waals surface area (Å²) in [6.07, 6.45) is 0. The average molecular weight is 173 g/mol. The van der Waals surface area contributed by atoms with Crippen LogP contribution in [0, 0.1) is 6.92 Å². The van der Waals surface area contributed by atoms with Crippen LogP contribution in [0.3, 0.4) is 0 Å². The van der Waals surface area contributed by atoms with Crippen molar-refractivity contribution in [2.45, 2.75) is 6.92 Å². The van der Waals surface area contributed by atoms with Crippen LogP contribution in [0.5, 0.6) is 11.5 Å². The van der Waals surface area contributed by atoms with Crippen molar-refractivity contribution in [1.82, 2.24) is 0 Å². The number of rotatable bonds is 1. The number of hydrogen-bond acceptors (Lipinski definition) is 2. The van der Waals surface area contributed by atoms with Crippen molar-refractivity contribution in [1.29, 1.82) is 0 Å². The third-order valence-corrected chi connectivity index (χ3v) is 1.91. The molecule has 0 amide bonds. The van der Waals surface area contributed by atoms with E-state index in [1.165, 1.54) is 13.2 Å². The van der Waals surface area contributed by atoms with E-state index >= 15 is 0 Å². The van der Waals surface area contributed by atoms with E-state index in [1.807, 2.05) is 6.92 Å². The number of ether oxygens (including phenoxy) is 1. The van der Waals surface area contributed by atoms with Crippen molar-refractivity contribution in [2.75, 3.05) is 7.11 Å². The molecule has 0 radical (unpaired) electrons. The summed E-state index contributed by atoms with van der Waals surface area (Å²) in [5, 5.41) is 9.66. The summed E-state index contributed by atoms with van der Waals surface area (Å²) in [4.78, 5) is 0. The van der Waals surface area contributed by atoms with Crippen molar-refractivity contribution in [3.05, 3.63) is 22.7 Å². The standard InChI is InChI=1S/C8H9ClO2/c1-5-3-6(10)4-7(11-2)8(5)9/h3-4,10H,1-2H3. The predicted molar refractivity (Wildman–Crippen MR) is 44.4 cm³/mol. The van der Waals surface area contributed by atoms with E-state index in [0.29, 0.717) is 10.8 Å². The molecule has 0 spiro atoms. The molecule has 1 N–H and O–H groups in total. The molecular weight excluding hydrogens is 164 g/mol. The van der Waals surface area contributed by atoms with Crippen LogP contribution in [-0.2, 0) is 0 Å². The molecule has 1 aromatic carbocycles. The van der Waals surface area contributed by atoms with Crippen molar-refractivity contribution in [2.24, 2.45) is 0 Å². The van der Waals surface area contributed by atoms with Gasteiger partial charge >= 0.3 is 0 Å². The van der Waals surface area contributed by atoms with Crippen LogP contribution in [0.2, 0.25) is 5.02 Å². The SMILES string of the molecule is COc1cc(O)cc(C)c1Cl. The molecule has 1 aromatic rings. The predicted octanol–water partition coefficient (Wildman–Crippen LogP) is 2.36. The number of aromatic hydroxyl groups is 1. The number of phenols is 1. The van der Waals surface area contributed by atoms with E-state index in [0.717, 1.165) is 5.56 Å². The fraction of sp³-hybridized carbons (Fsp3) is 0.250. The van der Waals surface area contributed by atoms with Crippen LogP contribution in [-0.4, -0.2) is 12.2 Å². The highest BCUT2D eigenvalue weighted by Crippen LogP contribution is 2.31. The van der Waals surface area contributed by atoms with Gasteiger partial charge < -0.3 is 9.84 Å². The Kier molecular flexibility index (Phi) is 2.25. The van der Waals surface area contributed by atoms with Gasteiger partial charge in [-0.3, -0.25) is 0 Å². The Labute approximate surface area is 70.4 Å². The highest BCUT2D eigenvalue weighted by Gasteiger charge is 2.04. The summed E-state index contributed by atoms with van der Waals surface area (Å²) < 4.78 is 4.91. The minimum absolute atomic E-state index is 0.170. The van der Waals surface area contributed by atoms with Gasteiger partial charge in [0.15, 0.2) is 0 Å². The lowest BCUT2D eigenvalue weighted by Gasteiger charge is -2.05. The molecule has 0 atom stereocenters. The van der Waals surface area contributed by atoms with Gasteiger partial charge in [-0.2, -0.15) is 0 Å². The quantitative estimate of drug-likeness (QED) is 0.705. The summed E-state index contributed by atoms with van der Waals surface area (Å²) in [7, 11) is 1.51. The van der Waals surface area contributed by atoms with Crippen molar-refractivity contribution < 1.29 is 9.84 Å². The molecule has 0 saturated carbocycles. The van der Waals surface area contributed by atoms with Gasteiger partial charge in [0.05, 0.1) is 12.1 Å². The second-order valence-corrected chi connectivity index (χ2v) is 2.66. The van der Waals surface area contributed by atoms with E-state index in [1.54, 1.807) is 6.07 Å². The molecule has 0 heterocycles. The molecule has 3 heteroatoms. The first kappa shape index (κ1) is 8.21. The lowest BCUT2D eigenvalue weighted by Crippen LogP contribution is -1.85. The van der Waals surface area contributed by atoms with E-state index in [9.17, 15) is 0 Å². The third-order valence-electron chi connectivity index (χ3n) is 1.43. The summed E-state index contributed by atoms with van der Waals surface area (Å²) >= 11 is 5.83. The van der Waals surface area contributed by atoms with Crippen LogP contribution >= 0.6 is 11.6 Å². The number of aryl methyl sites for hydroxylation is 1. The van der Waals surface area contributed by atoms with Gasteiger partial charge in [-0.15, -0.1) is 0 Å². The number of halogens is 1. The van der Waals surface area contributed by atoms with Gasteiger partial charge in [-0.05, 0) is 18.6 Å². The monoisotopic (exact) mass is 172 g/mol. The largest absolute Gasteiger partial charge is 0.508 e. The molecule has 11 heavy (non-hydrogen) atoms. The maximum absolute atomic E-state index is 9.11. The Balaban J connectivity index is 3.24. The molecule has 0 aromatic heterocycles. The van der Waals surface area contributed by atoms with Crippen LogP contribution in [0.1, 0.15) is 5.56 Å². The summed E-state index contributed by atoms with van der Waals surface area (Å²) in [5.74, 6) is 0.674. The molecule has 0 aliphatic heterocycles. The number of hydrogen-bond donors (Lipinski definition) is 1. The average Bonchev–Trinajstić information content (AvgIpc) is 1.96. The molecule has 2 nitrogen and oxygen atoms in total. The van der Waals surface area contributed by atoms with E-state index in [4.69, 9.17) is 21.4 Å². The fourth-order valence-corrected chi connectivity index (χ4v) is 1.05. The molecule has 0 bridgehead atoms. The molecule has 60 valence electrons. The maximum Gasteiger partial charge on any atom is 0.141 e. The molecule has 0 unspecified atom stereocenters. The van der Waals surface area contributed by atoms with Gasteiger partial charge in [-0.1, -0.05) is 11.6 Å². The van der Waals surface area contributed by atoms with Crippen molar-refractivity contribution in [3.8, 4) is 11.5 Å². The molecule has 0 fully saturated rings. The lowest BCUT2D eigenvalue weighted by molar-refractivity contribution is 0.407. The first-order valence-corrected chi connectivity index (χ1v) is 3.56. The second-order valence-electron chi connectivity index (χ2n) is 2.28. The Bertz CT molecular complexity index is 271. The van der Waals surface area contributed by atoms with Crippen molar-refractivity contribution in [3.63, 3.8) is 0 Å². The van der Waals surface area contributed by atoms with Gasteiger partial charge in [0.25, 0.3) is 0 Å². The third kappa shape index (κ3) is 1.57. The minimum Gasteiger partial charge on any atom is -0.508 e. The number of methoxy groups -OCH3 is 1. The smallest absolute Gasteiger partial charge is 0.141 e. The highest BCUT2D eigenvalue weighted by molar-refractivity contribution is 6.32. The van der Waals surface area contributed by atoms with E-state index < -0.39 is 0 Å². The van der Waals surface area contributed by atoms with Crippen LogP contribution < -0.4 is 4.74 Å². The molecule has 0 aliphatic carbocycles. The minimum atomic E-state index is 0.170. The van der Waals surface area contributed by atoms with E-state index in [-0.39, 0.29) is 5.75 Å². The van der Waals surface area contributed by atoms with E-state index in [2.05, 4.69) is 0 Å². The zero-order valence-corrected chi connectivity index (χ0v) is 7.14. The molecular formula is C8H9ClO2. The Morgan fingerprint density at radius 1 is 1.45 bits per heavy atom. The zero-order valence-electron chi connectivity index (χ0n) is 6.39. The van der Waals surface area contributed by atoms with Gasteiger partial charge in [0.1, 0.15) is 11.5 Å². The Morgan fingerprint density at radius 2 is 2.09 bits per heavy atom. The first-order chi connectivity index (χ1) is 5.15. The topological polar surface area (TPSA) is 29.5 Å². The van der Waals surface area contributed by atoms with Gasteiger partial charge in [0.2, 0.25) is 0 Å². The maximum atomic E-state index is 9.11. The van der Waals surface area contributed by atoms with Crippen LogP contribution in [0.4, 0.5) is 0 Å². The lowest BCUT2D eigenvalue weighted by atomic mass is 10.2. The first-order valence-electron chi connectivity index (χ1n) is 3.18. The molecule has 1 rings (SSSR count). The zero-order chi connectivity index (χ0) is 8.43. The summed E-state index contributed by atoms with van der Waals surface area (Å²) in [6.45, 7) is 1.81. The Hall–Kier alpha value is -0.890. The molecule has 0 aliphatic rings. The normalized spacial score (nSPS) is 9.73. The Morgan fingerprint density at radius 3 is 2.64 bits per heavy atom. The second kappa shape index (κ2) is 3.01. The van der Waals surface area contributed by atoms with Gasteiger partial charge in [0, 0.05) is 6.07 Å².